The van der Waals surface area contributed by atoms with Gasteiger partial charge in [0.2, 0.25) is 44.1 Å². The quantitative estimate of drug-likeness (QED) is 0.0209. The van der Waals surface area contributed by atoms with Crippen molar-refractivity contribution >= 4 is 111 Å². The van der Waals surface area contributed by atoms with Crippen molar-refractivity contribution in [3.63, 3.8) is 0 Å². The molecule has 6 rings (SSSR count). The van der Waals surface area contributed by atoms with Crippen molar-refractivity contribution in [1.29, 1.82) is 0 Å². The van der Waals surface area contributed by atoms with Crippen LogP contribution in [0.5, 0.6) is 0 Å². The molecule has 25 heteroatoms. The van der Waals surface area contributed by atoms with Gasteiger partial charge >= 0.3 is 0 Å². The molecule has 0 unspecified atom stereocenters. The predicted octanol–water partition coefficient (Wildman–Crippen LogP) is 6.06. The van der Waals surface area contributed by atoms with Gasteiger partial charge in [0.25, 0.3) is 17.7 Å². The number of nitrogens with two attached hydrogens (primary N) is 6. The van der Waals surface area contributed by atoms with Crippen molar-refractivity contribution in [2.45, 2.75) is 90.9 Å². The molecule has 0 saturated heterocycles. The Morgan fingerprint density at radius 3 is 0.865 bits per heavy atom. The minimum absolute atomic E-state index is 0. The fourth-order valence-electron chi connectivity index (χ4n) is 8.06. The Bertz CT molecular complexity index is 2800. The van der Waals surface area contributed by atoms with Gasteiger partial charge in [0, 0.05) is 23.0 Å². The van der Waals surface area contributed by atoms with Gasteiger partial charge in [-0.25, -0.2) is 25.3 Å². The van der Waals surface area contributed by atoms with Crippen molar-refractivity contribution in [1.82, 2.24) is 0 Å². The SMILES string of the molecule is Cl.NCCCC[C@@](N)(C(=O)Nc1ccc(C(c2ccc(NC(=O)[C@](N)(CCCCN)S(=O)(=O)c3cccs3)cc2)c2ccc(NC(=O)[C@](N)(CCCCN)S(=O)(=O)c3cccs3)cc2)cc1)S(=O)(=O)c1cccs1. The number of halogens is 1. The van der Waals surface area contributed by atoms with Crippen LogP contribution in [0.4, 0.5) is 17.1 Å². The van der Waals surface area contributed by atoms with Gasteiger partial charge in [-0.1, -0.05) is 54.6 Å². The number of carbonyl (C=O) groups is 3. The van der Waals surface area contributed by atoms with Gasteiger partial charge in [-0.15, -0.1) is 46.4 Å². The lowest BCUT2D eigenvalue weighted by molar-refractivity contribution is -0.119. The van der Waals surface area contributed by atoms with Crippen LogP contribution in [0.15, 0.2) is 138 Å². The smallest absolute Gasteiger partial charge is 0.260 e. The minimum atomic E-state index is -4.33. The largest absolute Gasteiger partial charge is 0.330 e. The highest BCUT2D eigenvalue weighted by molar-refractivity contribution is 7.96. The van der Waals surface area contributed by atoms with E-state index in [4.69, 9.17) is 34.4 Å². The fraction of sp³-hybridized carbons (Fsp3) is 0.327. The van der Waals surface area contributed by atoms with Gasteiger partial charge in [-0.2, -0.15) is 0 Å². The molecule has 400 valence electrons. The molecule has 0 saturated carbocycles. The van der Waals surface area contributed by atoms with Crippen molar-refractivity contribution < 1.29 is 39.6 Å². The summed E-state index contributed by atoms with van der Waals surface area (Å²) >= 11 is 2.87. The minimum Gasteiger partial charge on any atom is -0.330 e. The molecule has 3 heterocycles. The summed E-state index contributed by atoms with van der Waals surface area (Å²) < 4.78 is 82.8. The van der Waals surface area contributed by atoms with E-state index in [-0.39, 0.29) is 100 Å². The van der Waals surface area contributed by atoms with Gasteiger partial charge in [-0.05, 0) is 165 Å². The van der Waals surface area contributed by atoms with Gasteiger partial charge in [0.1, 0.15) is 12.6 Å². The van der Waals surface area contributed by atoms with Crippen LogP contribution in [-0.2, 0) is 43.9 Å². The van der Waals surface area contributed by atoms with Crippen molar-refractivity contribution in [3.05, 3.63) is 142 Å². The summed E-state index contributed by atoms with van der Waals surface area (Å²) in [6.07, 6.45) is 1.64. The molecule has 6 aromatic rings. The lowest BCUT2D eigenvalue weighted by Gasteiger charge is -2.28. The maximum Gasteiger partial charge on any atom is 0.260 e. The summed E-state index contributed by atoms with van der Waals surface area (Å²) in [6.45, 7) is 0.842. The van der Waals surface area contributed by atoms with Crippen molar-refractivity contribution in [2.75, 3.05) is 35.6 Å². The van der Waals surface area contributed by atoms with Gasteiger partial charge < -0.3 is 50.4 Å². The standard InChI is InChI=1S/C49H61N9O9S6.ClH/c50-28-4-1-25-47(53,71(62,63)40-10-7-31-68-40)44(59)56-37-19-13-34(14-20-37)43(35-15-21-38(22-16-35)57-45(60)48(54,26-2-5-29-51)72(64,65)41-11-8-32-69-41)36-17-23-39(24-18-36)58-46(61)49(55,27-3-6-30-52)73(66,67)42-12-9-33-70-42;/h7-24,31-33,43H,1-6,25-30,50-55H2,(H,56,59)(H,57,60)(H,58,61);1H/t47-,48-,49-;/m0./s1. The summed E-state index contributed by atoms with van der Waals surface area (Å²) in [5, 5.41) is 12.9. The highest BCUT2D eigenvalue weighted by Gasteiger charge is 2.50. The molecule has 74 heavy (non-hydrogen) atoms. The van der Waals surface area contributed by atoms with E-state index in [1.807, 2.05) is 0 Å². The summed E-state index contributed by atoms with van der Waals surface area (Å²) in [5.74, 6) is -3.36. The third kappa shape index (κ3) is 12.8. The summed E-state index contributed by atoms with van der Waals surface area (Å²) in [5.41, 5.74) is 39.4. The molecule has 3 aromatic carbocycles. The van der Waals surface area contributed by atoms with E-state index in [2.05, 4.69) is 16.0 Å². The average Bonchev–Trinajstić information content (AvgIpc) is 4.22. The zero-order valence-electron chi connectivity index (χ0n) is 40.2. The lowest BCUT2D eigenvalue weighted by atomic mass is 9.85. The Kier molecular flexibility index (Phi) is 20.8. The number of rotatable bonds is 27. The third-order valence-corrected chi connectivity index (χ3v) is 23.3. The van der Waals surface area contributed by atoms with E-state index in [0.717, 1.165) is 34.0 Å². The van der Waals surface area contributed by atoms with Crippen LogP contribution in [0, 0.1) is 0 Å². The number of unbranched alkanes of at least 4 members (excludes halogenated alkanes) is 3. The zero-order valence-corrected chi connectivity index (χ0v) is 45.9. The Morgan fingerprint density at radius 2 is 0.662 bits per heavy atom. The van der Waals surface area contributed by atoms with Crippen LogP contribution >= 0.6 is 46.4 Å². The molecule has 3 aromatic heterocycles. The molecule has 18 nitrogen and oxygen atoms in total. The Hall–Kier alpha value is -4.93. The first-order chi connectivity index (χ1) is 34.7. The first kappa shape index (κ1) is 59.9. The molecular formula is C49H62ClN9O9S6. The van der Waals surface area contributed by atoms with E-state index in [9.17, 15) is 39.6 Å². The lowest BCUT2D eigenvalue weighted by Crippen LogP contribution is -2.57. The molecule has 0 radical (unpaired) electrons. The highest BCUT2D eigenvalue weighted by atomic mass is 35.5. The number of thiophene rings is 3. The van der Waals surface area contributed by atoms with Crippen molar-refractivity contribution in [2.24, 2.45) is 34.4 Å². The number of amides is 3. The number of hydrogen-bond acceptors (Lipinski definition) is 18. The Balaban J connectivity index is 0.0000101. The molecule has 0 aliphatic rings. The van der Waals surface area contributed by atoms with Crippen LogP contribution in [0.25, 0.3) is 0 Å². The molecule has 0 spiro atoms. The molecule has 0 fully saturated rings. The maximum absolute atomic E-state index is 13.9. The van der Waals surface area contributed by atoms with Crippen LogP contribution in [0.2, 0.25) is 0 Å². The number of sulfone groups is 3. The summed E-state index contributed by atoms with van der Waals surface area (Å²) in [4.78, 5) is 34.9. The second-order valence-electron chi connectivity index (χ2n) is 17.4. The molecule has 0 aliphatic heterocycles. The molecule has 0 bridgehead atoms. The van der Waals surface area contributed by atoms with Gasteiger partial charge in [0.05, 0.1) is 0 Å². The topological polar surface area (TPSA) is 346 Å². The maximum atomic E-state index is 13.9. The summed E-state index contributed by atoms with van der Waals surface area (Å²) in [7, 11) is -13.0. The second-order valence-corrected chi connectivity index (χ2v) is 27.5. The van der Waals surface area contributed by atoms with E-state index in [0.29, 0.717) is 36.0 Å². The third-order valence-electron chi connectivity index (χ3n) is 12.4. The van der Waals surface area contributed by atoms with Crippen LogP contribution in [0.3, 0.4) is 0 Å². The second kappa shape index (κ2) is 25.7. The fourth-order valence-corrected chi connectivity index (χ4v) is 16.7. The van der Waals surface area contributed by atoms with E-state index < -0.39 is 67.8 Å². The van der Waals surface area contributed by atoms with Crippen LogP contribution in [0.1, 0.15) is 80.4 Å². The summed E-state index contributed by atoms with van der Waals surface area (Å²) in [6, 6.07) is 28.8. The number of benzene rings is 3. The molecule has 0 aliphatic carbocycles. The average molecular weight is 1150 g/mol. The van der Waals surface area contributed by atoms with Crippen molar-refractivity contribution in [3.8, 4) is 0 Å². The molecule has 15 N–H and O–H groups in total. The Labute approximate surface area is 450 Å². The van der Waals surface area contributed by atoms with Crippen LogP contribution in [-0.4, -0.2) is 77.2 Å². The molecular weight excluding hydrogens is 1090 g/mol. The van der Waals surface area contributed by atoms with Crippen LogP contribution < -0.4 is 50.4 Å². The van der Waals surface area contributed by atoms with Gasteiger partial charge in [-0.3, -0.25) is 14.4 Å². The number of nitrogens with one attached hydrogen (secondary N) is 3. The normalized spacial score (nSPS) is 14.5. The molecule has 3 amide bonds. The Morgan fingerprint density at radius 1 is 0.419 bits per heavy atom. The molecule has 3 atom stereocenters. The van der Waals surface area contributed by atoms with E-state index in [1.165, 1.54) is 18.2 Å². The number of anilines is 3. The zero-order chi connectivity index (χ0) is 53.1. The van der Waals surface area contributed by atoms with E-state index >= 15 is 0 Å². The van der Waals surface area contributed by atoms with Gasteiger partial charge in [0.15, 0.2) is 0 Å². The first-order valence-electron chi connectivity index (χ1n) is 23.3. The number of carbonyl (C=O) groups excluding carboxylic acids is 3. The number of hydrogen-bond donors (Lipinski definition) is 9. The van der Waals surface area contributed by atoms with E-state index in [1.54, 1.807) is 107 Å². The predicted molar refractivity (Wildman–Crippen MR) is 297 cm³/mol. The first-order valence-corrected chi connectivity index (χ1v) is 30.3. The monoisotopic (exact) mass is 1150 g/mol. The highest BCUT2D eigenvalue weighted by Crippen LogP contribution is 2.37.